The van der Waals surface area contributed by atoms with Gasteiger partial charge in [0.1, 0.15) is 5.00 Å². The van der Waals surface area contributed by atoms with Gasteiger partial charge in [-0.3, -0.25) is 9.36 Å². The van der Waals surface area contributed by atoms with Crippen LogP contribution in [0.3, 0.4) is 0 Å². The van der Waals surface area contributed by atoms with E-state index in [1.165, 1.54) is 28.0 Å². The molecule has 1 N–H and O–H groups in total. The van der Waals surface area contributed by atoms with Crippen LogP contribution >= 0.6 is 34.4 Å². The maximum atomic E-state index is 12.7. The highest BCUT2D eigenvalue weighted by Gasteiger charge is 2.23. The molecule has 0 unspecified atom stereocenters. The van der Waals surface area contributed by atoms with Crippen molar-refractivity contribution in [2.24, 2.45) is 0 Å². The molecule has 3 rings (SSSR count). The molecule has 7 nitrogen and oxygen atoms in total. The molecule has 10 heteroatoms. The molecule has 33 heavy (non-hydrogen) atoms. The Morgan fingerprint density at radius 1 is 1.24 bits per heavy atom. The van der Waals surface area contributed by atoms with Crippen LogP contribution in [0.4, 0.5) is 5.00 Å². The molecule has 0 saturated carbocycles. The largest absolute Gasteiger partial charge is 0.462 e. The summed E-state index contributed by atoms with van der Waals surface area (Å²) in [5, 5.41) is 15.0. The van der Waals surface area contributed by atoms with Gasteiger partial charge in [0.25, 0.3) is 0 Å². The van der Waals surface area contributed by atoms with E-state index in [4.69, 9.17) is 4.74 Å². The van der Waals surface area contributed by atoms with Gasteiger partial charge >= 0.3 is 5.97 Å². The number of nitrogens with zero attached hydrogens (tertiary/aromatic N) is 3. The molecule has 0 aromatic carbocycles. The van der Waals surface area contributed by atoms with Gasteiger partial charge in [-0.1, -0.05) is 25.1 Å². The number of nitrogens with one attached hydrogen (secondary N) is 1. The number of aromatic nitrogens is 3. The number of carbonyl (C=O) groups is 2. The highest BCUT2D eigenvalue weighted by atomic mass is 32.2. The fourth-order valence-corrected chi connectivity index (χ4v) is 6.27. The summed E-state index contributed by atoms with van der Waals surface area (Å²) in [4.78, 5) is 27.4. The number of aryl methyl sites for hydroxylation is 2. The second-order valence-corrected chi connectivity index (χ2v) is 11.0. The normalized spacial score (nSPS) is 11.2. The van der Waals surface area contributed by atoms with Crippen LogP contribution in [-0.2, 0) is 16.0 Å². The highest BCUT2D eigenvalue weighted by molar-refractivity contribution is 7.99. The van der Waals surface area contributed by atoms with Gasteiger partial charge < -0.3 is 10.1 Å². The molecule has 0 saturated heterocycles. The molecule has 3 heterocycles. The molecule has 0 spiro atoms. The fraction of sp³-hybridized carbons (Fsp3) is 0.478. The Kier molecular flexibility index (Phi) is 8.72. The van der Waals surface area contributed by atoms with Gasteiger partial charge in [0.2, 0.25) is 5.91 Å². The SMILES string of the molecule is CCCc1cc(-c2nnc(SCC(=O)Nc3sc(C)c(C)c3C(=O)OCC)n2C(C)C)cs1. The Morgan fingerprint density at radius 3 is 2.67 bits per heavy atom. The number of carbonyl (C=O) groups excluding carboxylic acids is 2. The topological polar surface area (TPSA) is 86.1 Å². The van der Waals surface area contributed by atoms with Crippen LogP contribution in [-0.4, -0.2) is 39.0 Å². The van der Waals surface area contributed by atoms with Gasteiger partial charge in [-0.25, -0.2) is 4.79 Å². The zero-order chi connectivity index (χ0) is 24.1. The van der Waals surface area contributed by atoms with Gasteiger partial charge in [-0.05, 0) is 52.7 Å². The number of thioether (sulfide) groups is 1. The first-order valence-corrected chi connectivity index (χ1v) is 13.7. The van der Waals surface area contributed by atoms with Crippen molar-refractivity contribution in [1.29, 1.82) is 0 Å². The number of thiophene rings is 2. The second-order valence-electron chi connectivity index (χ2n) is 7.87. The number of hydrogen-bond donors (Lipinski definition) is 1. The summed E-state index contributed by atoms with van der Waals surface area (Å²) in [6.45, 7) is 12.2. The summed E-state index contributed by atoms with van der Waals surface area (Å²) >= 11 is 4.47. The first-order valence-electron chi connectivity index (χ1n) is 11.0. The molecule has 0 aliphatic heterocycles. The van der Waals surface area contributed by atoms with E-state index in [-0.39, 0.29) is 24.3 Å². The molecule has 0 aliphatic carbocycles. The third kappa shape index (κ3) is 5.85. The monoisotopic (exact) mass is 506 g/mol. The van der Waals surface area contributed by atoms with E-state index in [0.29, 0.717) is 15.7 Å². The predicted molar refractivity (Wildman–Crippen MR) is 137 cm³/mol. The van der Waals surface area contributed by atoms with E-state index in [1.807, 2.05) is 13.8 Å². The number of hydrogen-bond acceptors (Lipinski definition) is 8. The molecule has 0 radical (unpaired) electrons. The van der Waals surface area contributed by atoms with Gasteiger partial charge in [-0.2, -0.15) is 0 Å². The lowest BCUT2D eigenvalue weighted by Gasteiger charge is -2.13. The maximum Gasteiger partial charge on any atom is 0.341 e. The summed E-state index contributed by atoms with van der Waals surface area (Å²) in [7, 11) is 0. The zero-order valence-corrected chi connectivity index (χ0v) is 22.3. The van der Waals surface area contributed by atoms with Crippen LogP contribution in [0.5, 0.6) is 0 Å². The average molecular weight is 507 g/mol. The van der Waals surface area contributed by atoms with Crippen molar-refractivity contribution in [3.05, 3.63) is 32.3 Å². The van der Waals surface area contributed by atoms with Crippen molar-refractivity contribution in [3.8, 4) is 11.4 Å². The van der Waals surface area contributed by atoms with E-state index in [0.717, 1.165) is 34.7 Å². The number of amides is 1. The minimum Gasteiger partial charge on any atom is -0.462 e. The summed E-state index contributed by atoms with van der Waals surface area (Å²) in [5.41, 5.74) is 2.33. The first kappa shape index (κ1) is 25.5. The molecule has 0 fully saturated rings. The summed E-state index contributed by atoms with van der Waals surface area (Å²) in [5.74, 6) is 0.367. The quantitative estimate of drug-likeness (QED) is 0.263. The minimum absolute atomic E-state index is 0.146. The Bertz CT molecular complexity index is 1130. The first-order chi connectivity index (χ1) is 15.8. The number of esters is 1. The van der Waals surface area contributed by atoms with Crippen LogP contribution in [0.1, 0.15) is 65.8 Å². The highest BCUT2D eigenvalue weighted by Crippen LogP contribution is 2.34. The van der Waals surface area contributed by atoms with Crippen LogP contribution in [0, 0.1) is 13.8 Å². The molecular formula is C23H30N4O3S3. The lowest BCUT2D eigenvalue weighted by atomic mass is 10.1. The molecule has 0 aliphatic rings. The van der Waals surface area contributed by atoms with E-state index in [9.17, 15) is 9.59 Å². The number of rotatable bonds is 10. The Hall–Kier alpha value is -2.17. The molecule has 0 bridgehead atoms. The van der Waals surface area contributed by atoms with Crippen LogP contribution in [0.2, 0.25) is 0 Å². The molecule has 3 aromatic heterocycles. The van der Waals surface area contributed by atoms with E-state index in [2.05, 4.69) is 52.3 Å². The van der Waals surface area contributed by atoms with Gasteiger partial charge in [0.15, 0.2) is 11.0 Å². The van der Waals surface area contributed by atoms with Crippen LogP contribution in [0.25, 0.3) is 11.4 Å². The van der Waals surface area contributed by atoms with Crippen LogP contribution in [0.15, 0.2) is 16.6 Å². The van der Waals surface area contributed by atoms with Gasteiger partial charge in [-0.15, -0.1) is 32.9 Å². The van der Waals surface area contributed by atoms with E-state index >= 15 is 0 Å². The maximum absolute atomic E-state index is 12.7. The van der Waals surface area contributed by atoms with E-state index < -0.39 is 5.97 Å². The van der Waals surface area contributed by atoms with Crippen molar-refractivity contribution in [2.75, 3.05) is 17.7 Å². The Labute approximate surface area is 207 Å². The molecular weight excluding hydrogens is 476 g/mol. The lowest BCUT2D eigenvalue weighted by molar-refractivity contribution is -0.113. The smallest absolute Gasteiger partial charge is 0.341 e. The van der Waals surface area contributed by atoms with Crippen molar-refractivity contribution < 1.29 is 14.3 Å². The van der Waals surface area contributed by atoms with Crippen molar-refractivity contribution in [1.82, 2.24) is 14.8 Å². The lowest BCUT2D eigenvalue weighted by Crippen LogP contribution is -2.17. The zero-order valence-electron chi connectivity index (χ0n) is 19.9. The average Bonchev–Trinajstić information content (AvgIpc) is 3.45. The van der Waals surface area contributed by atoms with Gasteiger partial charge in [0.05, 0.1) is 17.9 Å². The van der Waals surface area contributed by atoms with E-state index in [1.54, 1.807) is 18.3 Å². The van der Waals surface area contributed by atoms with Crippen molar-refractivity contribution in [3.63, 3.8) is 0 Å². The van der Waals surface area contributed by atoms with Gasteiger partial charge in [0, 0.05) is 26.7 Å². The molecule has 178 valence electrons. The predicted octanol–water partition coefficient (Wildman–Crippen LogP) is 6.13. The standard InChI is InChI=1S/C23H30N4O3S3/c1-7-9-17-10-16(11-31-17)20-25-26-23(27(20)13(3)4)32-12-18(28)24-21-19(22(29)30-8-2)14(5)15(6)33-21/h10-11,13H,7-9,12H2,1-6H3,(H,24,28). The molecule has 3 aromatic rings. The van der Waals surface area contributed by atoms with Crippen LogP contribution < -0.4 is 5.32 Å². The molecule has 1 amide bonds. The second kappa shape index (κ2) is 11.3. The minimum atomic E-state index is -0.412. The Morgan fingerprint density at radius 2 is 2.00 bits per heavy atom. The number of anilines is 1. The third-order valence-corrected chi connectivity index (χ3v) is 8.10. The summed E-state index contributed by atoms with van der Waals surface area (Å²) in [6.07, 6.45) is 2.16. The Balaban J connectivity index is 1.74. The van der Waals surface area contributed by atoms with Crippen molar-refractivity contribution in [2.45, 2.75) is 65.6 Å². The van der Waals surface area contributed by atoms with Crippen molar-refractivity contribution >= 4 is 51.3 Å². The summed E-state index contributed by atoms with van der Waals surface area (Å²) < 4.78 is 7.24. The molecule has 0 atom stereocenters. The summed E-state index contributed by atoms with van der Waals surface area (Å²) in [6, 6.07) is 2.32. The number of ether oxygens (including phenoxy) is 1. The fourth-order valence-electron chi connectivity index (χ4n) is 3.37. The third-order valence-electron chi connectivity index (χ3n) is 5.04.